The summed E-state index contributed by atoms with van der Waals surface area (Å²) in [5.74, 6) is -0.0268. The van der Waals surface area contributed by atoms with Crippen molar-refractivity contribution in [2.75, 3.05) is 6.54 Å². The van der Waals surface area contributed by atoms with Gasteiger partial charge in [0.25, 0.3) is 5.91 Å². The van der Waals surface area contributed by atoms with Gasteiger partial charge >= 0.3 is 0 Å². The average molecular weight is 351 g/mol. The lowest BCUT2D eigenvalue weighted by molar-refractivity contribution is 0.0957. The molecule has 0 aliphatic heterocycles. The number of amides is 1. The molecule has 0 aliphatic rings. The van der Waals surface area contributed by atoms with Gasteiger partial charge in [-0.25, -0.2) is 4.98 Å². The number of hydrogen-bond donors (Lipinski definition) is 1. The summed E-state index contributed by atoms with van der Waals surface area (Å²) in [6.45, 7) is 2.53. The topological polar surface area (TPSA) is 54.9 Å². The van der Waals surface area contributed by atoms with Crippen LogP contribution in [0.2, 0.25) is 0 Å². The molecule has 2 heterocycles. The molecule has 0 saturated carbocycles. The van der Waals surface area contributed by atoms with Crippen molar-refractivity contribution in [3.63, 3.8) is 0 Å². The first-order valence-corrected chi connectivity index (χ1v) is 9.21. The molecule has 0 spiro atoms. The Hall–Kier alpha value is -2.53. The Balaban J connectivity index is 1.53. The van der Waals surface area contributed by atoms with Crippen LogP contribution in [0.25, 0.3) is 0 Å². The number of rotatable bonds is 7. The van der Waals surface area contributed by atoms with E-state index in [1.165, 1.54) is 22.5 Å². The molecule has 1 amide bonds. The van der Waals surface area contributed by atoms with Crippen LogP contribution >= 0.6 is 11.3 Å². The fourth-order valence-electron chi connectivity index (χ4n) is 2.62. The minimum Gasteiger partial charge on any atom is -0.351 e. The van der Waals surface area contributed by atoms with E-state index in [1.807, 2.05) is 37.3 Å². The number of pyridine rings is 1. The number of benzene rings is 1. The molecule has 2 aromatic heterocycles. The first-order chi connectivity index (χ1) is 12.2. The first-order valence-electron chi connectivity index (χ1n) is 8.39. The molecule has 25 heavy (non-hydrogen) atoms. The molecule has 0 fully saturated rings. The van der Waals surface area contributed by atoms with E-state index in [-0.39, 0.29) is 5.91 Å². The molecular formula is C20H21N3OS. The number of thiazole rings is 1. The molecule has 3 aromatic rings. The fraction of sp³-hybridized carbons (Fsp3) is 0.250. The summed E-state index contributed by atoms with van der Waals surface area (Å²) in [7, 11) is 0. The zero-order valence-corrected chi connectivity index (χ0v) is 15.1. The number of hydrogen-bond acceptors (Lipinski definition) is 4. The average Bonchev–Trinajstić information content (AvgIpc) is 3.02. The van der Waals surface area contributed by atoms with Crippen molar-refractivity contribution in [1.82, 2.24) is 15.3 Å². The standard InChI is InChI=1S/C20H21N3OS/c1-15-19(20(24)22-14-11-16-5-3-2-4-6-16)25-18(23-15)8-7-17-9-12-21-13-10-17/h2-6,9-10,12-13H,7-8,11,14H2,1H3,(H,22,24). The van der Waals surface area contributed by atoms with E-state index in [0.29, 0.717) is 6.54 Å². The van der Waals surface area contributed by atoms with Crippen molar-refractivity contribution >= 4 is 17.2 Å². The highest BCUT2D eigenvalue weighted by Gasteiger charge is 2.14. The zero-order valence-electron chi connectivity index (χ0n) is 14.2. The number of aromatic nitrogens is 2. The minimum atomic E-state index is -0.0268. The van der Waals surface area contributed by atoms with Crippen LogP contribution in [-0.4, -0.2) is 22.4 Å². The quantitative estimate of drug-likeness (QED) is 0.707. The highest BCUT2D eigenvalue weighted by Crippen LogP contribution is 2.19. The van der Waals surface area contributed by atoms with Gasteiger partial charge in [-0.3, -0.25) is 9.78 Å². The molecule has 4 nitrogen and oxygen atoms in total. The van der Waals surface area contributed by atoms with Crippen LogP contribution in [0.1, 0.15) is 31.5 Å². The van der Waals surface area contributed by atoms with Crippen molar-refractivity contribution in [2.45, 2.75) is 26.2 Å². The summed E-state index contributed by atoms with van der Waals surface area (Å²) in [6, 6.07) is 14.2. The van der Waals surface area contributed by atoms with Crippen LogP contribution in [0.5, 0.6) is 0 Å². The van der Waals surface area contributed by atoms with E-state index in [2.05, 4.69) is 27.4 Å². The van der Waals surface area contributed by atoms with Crippen LogP contribution in [0.4, 0.5) is 0 Å². The zero-order chi connectivity index (χ0) is 17.5. The van der Waals surface area contributed by atoms with E-state index < -0.39 is 0 Å². The van der Waals surface area contributed by atoms with Crippen LogP contribution < -0.4 is 5.32 Å². The van der Waals surface area contributed by atoms with Gasteiger partial charge < -0.3 is 5.32 Å². The largest absolute Gasteiger partial charge is 0.351 e. The normalized spacial score (nSPS) is 10.6. The van der Waals surface area contributed by atoms with Crippen molar-refractivity contribution in [1.29, 1.82) is 0 Å². The lowest BCUT2D eigenvalue weighted by Crippen LogP contribution is -2.25. The molecule has 0 atom stereocenters. The minimum absolute atomic E-state index is 0.0268. The summed E-state index contributed by atoms with van der Waals surface area (Å²) in [5, 5.41) is 4.00. The summed E-state index contributed by atoms with van der Waals surface area (Å²) >= 11 is 1.49. The van der Waals surface area contributed by atoms with E-state index in [4.69, 9.17) is 0 Å². The lowest BCUT2D eigenvalue weighted by atomic mass is 10.1. The van der Waals surface area contributed by atoms with E-state index in [9.17, 15) is 4.79 Å². The van der Waals surface area contributed by atoms with Gasteiger partial charge in [0.05, 0.1) is 10.7 Å². The van der Waals surface area contributed by atoms with Crippen LogP contribution in [-0.2, 0) is 19.3 Å². The number of aryl methyl sites for hydroxylation is 3. The monoisotopic (exact) mass is 351 g/mol. The maximum atomic E-state index is 12.4. The number of nitrogens with one attached hydrogen (secondary N) is 1. The Kier molecular flexibility index (Phi) is 5.90. The molecule has 3 rings (SSSR count). The second-order valence-electron chi connectivity index (χ2n) is 5.87. The van der Waals surface area contributed by atoms with E-state index >= 15 is 0 Å². The maximum absolute atomic E-state index is 12.4. The van der Waals surface area contributed by atoms with Gasteiger partial charge in [0.15, 0.2) is 0 Å². The van der Waals surface area contributed by atoms with E-state index in [0.717, 1.165) is 34.8 Å². The van der Waals surface area contributed by atoms with Crippen molar-refractivity contribution in [3.8, 4) is 0 Å². The fourth-order valence-corrected chi connectivity index (χ4v) is 3.60. The Morgan fingerprint density at radius 2 is 1.72 bits per heavy atom. The third kappa shape index (κ3) is 4.97. The molecule has 5 heteroatoms. The molecule has 1 N–H and O–H groups in total. The van der Waals surface area contributed by atoms with Gasteiger partial charge in [-0.2, -0.15) is 0 Å². The maximum Gasteiger partial charge on any atom is 0.263 e. The van der Waals surface area contributed by atoms with E-state index in [1.54, 1.807) is 12.4 Å². The van der Waals surface area contributed by atoms with Gasteiger partial charge in [0.2, 0.25) is 0 Å². The molecule has 1 aromatic carbocycles. The molecule has 0 aliphatic carbocycles. The summed E-state index contributed by atoms with van der Waals surface area (Å²) in [4.78, 5) is 21.7. The van der Waals surface area contributed by atoms with Crippen molar-refractivity contribution < 1.29 is 4.79 Å². The summed E-state index contributed by atoms with van der Waals surface area (Å²) in [5.41, 5.74) is 3.27. The number of carbonyl (C=O) groups excluding carboxylic acids is 1. The summed E-state index contributed by atoms with van der Waals surface area (Å²) < 4.78 is 0. The van der Waals surface area contributed by atoms with Gasteiger partial charge in [-0.15, -0.1) is 11.3 Å². The van der Waals surface area contributed by atoms with Gasteiger partial charge in [-0.05, 0) is 43.0 Å². The van der Waals surface area contributed by atoms with Crippen molar-refractivity contribution in [3.05, 3.63) is 81.6 Å². The molecule has 128 valence electrons. The second kappa shape index (κ2) is 8.53. The highest BCUT2D eigenvalue weighted by atomic mass is 32.1. The summed E-state index contributed by atoms with van der Waals surface area (Å²) in [6.07, 6.45) is 6.18. The molecular weight excluding hydrogens is 330 g/mol. The Morgan fingerprint density at radius 1 is 1.00 bits per heavy atom. The molecule has 0 radical (unpaired) electrons. The Bertz CT molecular complexity index is 815. The highest BCUT2D eigenvalue weighted by molar-refractivity contribution is 7.13. The number of nitrogens with zero attached hydrogens (tertiary/aromatic N) is 2. The van der Waals surface area contributed by atoms with Crippen molar-refractivity contribution in [2.24, 2.45) is 0 Å². The first kappa shape index (κ1) is 17.3. The van der Waals surface area contributed by atoms with Crippen LogP contribution in [0.15, 0.2) is 54.9 Å². The molecule has 0 bridgehead atoms. The number of carbonyl (C=O) groups is 1. The molecule has 0 saturated heterocycles. The Labute approximate surface area is 152 Å². The third-order valence-electron chi connectivity index (χ3n) is 3.97. The smallest absolute Gasteiger partial charge is 0.263 e. The third-order valence-corrected chi connectivity index (χ3v) is 5.18. The predicted molar refractivity (Wildman–Crippen MR) is 101 cm³/mol. The van der Waals surface area contributed by atoms with Gasteiger partial charge in [-0.1, -0.05) is 30.3 Å². The van der Waals surface area contributed by atoms with Crippen LogP contribution in [0.3, 0.4) is 0 Å². The van der Waals surface area contributed by atoms with Gasteiger partial charge in [0, 0.05) is 25.4 Å². The predicted octanol–water partition coefficient (Wildman–Crippen LogP) is 3.60. The van der Waals surface area contributed by atoms with Gasteiger partial charge in [0.1, 0.15) is 4.88 Å². The second-order valence-corrected chi connectivity index (χ2v) is 6.95. The molecule has 0 unspecified atom stereocenters. The Morgan fingerprint density at radius 3 is 2.48 bits per heavy atom. The van der Waals surface area contributed by atoms with Crippen LogP contribution in [0, 0.1) is 6.92 Å². The lowest BCUT2D eigenvalue weighted by Gasteiger charge is -2.04. The SMILES string of the molecule is Cc1nc(CCc2ccncc2)sc1C(=O)NCCc1ccccc1.